The second-order valence-corrected chi connectivity index (χ2v) is 8.61. The van der Waals surface area contributed by atoms with Gasteiger partial charge in [0.15, 0.2) is 11.6 Å². The number of nitrogens with zero attached hydrogens (tertiary/aromatic N) is 4. The maximum Gasteiger partial charge on any atom is 0.314 e. The summed E-state index contributed by atoms with van der Waals surface area (Å²) in [6.45, 7) is 7.48. The van der Waals surface area contributed by atoms with E-state index < -0.39 is 0 Å². The summed E-state index contributed by atoms with van der Waals surface area (Å²) in [6.07, 6.45) is 3.39. The fourth-order valence-corrected chi connectivity index (χ4v) is 4.20. The molecule has 32 heavy (non-hydrogen) atoms. The molecule has 0 aliphatic carbocycles. The molecule has 0 atom stereocenters. The van der Waals surface area contributed by atoms with E-state index in [0.717, 1.165) is 29.8 Å². The SMILES string of the molecule is Cc1cc(Nc2nc(Nc3cc(C)c(C4CCN(C(N)=O)CC4)cc3C)ncc2Cl)n[nH]1. The van der Waals surface area contributed by atoms with Crippen molar-refractivity contribution in [3.05, 3.63) is 51.8 Å². The van der Waals surface area contributed by atoms with Gasteiger partial charge in [0, 0.05) is 30.5 Å². The highest BCUT2D eigenvalue weighted by molar-refractivity contribution is 6.32. The molecule has 1 aliphatic rings. The third-order valence-corrected chi connectivity index (χ3v) is 6.08. The topological polar surface area (TPSA) is 125 Å². The number of amides is 2. The van der Waals surface area contributed by atoms with Crippen LogP contribution in [0.2, 0.25) is 5.02 Å². The standard InChI is InChI=1S/C22H27ClN8O/c1-12-9-18(13(2)8-16(12)15-4-6-31(7-5-15)21(24)32)26-22-25-11-17(23)20(28-22)27-19-10-14(3)29-30-19/h8-11,15H,4-7H2,1-3H3,(H2,24,32)(H3,25,26,27,28,29,30). The second-order valence-electron chi connectivity index (χ2n) is 8.20. The molecule has 0 bridgehead atoms. The summed E-state index contributed by atoms with van der Waals surface area (Å²) in [6, 6.07) is 5.86. The zero-order valence-electron chi connectivity index (χ0n) is 18.4. The van der Waals surface area contributed by atoms with Crippen molar-refractivity contribution in [2.75, 3.05) is 23.7 Å². The lowest BCUT2D eigenvalue weighted by Crippen LogP contribution is -2.41. The van der Waals surface area contributed by atoms with Crippen molar-refractivity contribution in [3.63, 3.8) is 0 Å². The number of aromatic nitrogens is 4. The van der Waals surface area contributed by atoms with Gasteiger partial charge in [-0.2, -0.15) is 10.1 Å². The number of benzene rings is 1. The minimum Gasteiger partial charge on any atom is -0.351 e. The van der Waals surface area contributed by atoms with Crippen molar-refractivity contribution >= 4 is 40.9 Å². The summed E-state index contributed by atoms with van der Waals surface area (Å²) in [5, 5.41) is 13.8. The summed E-state index contributed by atoms with van der Waals surface area (Å²) < 4.78 is 0. The average molecular weight is 455 g/mol. The van der Waals surface area contributed by atoms with Gasteiger partial charge in [0.2, 0.25) is 5.95 Å². The van der Waals surface area contributed by atoms with Crippen molar-refractivity contribution in [3.8, 4) is 0 Å². The number of carbonyl (C=O) groups is 1. The van der Waals surface area contributed by atoms with Crippen LogP contribution in [0.5, 0.6) is 0 Å². The van der Waals surface area contributed by atoms with E-state index in [1.807, 2.05) is 13.0 Å². The minimum atomic E-state index is -0.338. The number of rotatable bonds is 5. The fourth-order valence-electron chi connectivity index (χ4n) is 4.06. The van der Waals surface area contributed by atoms with Gasteiger partial charge in [0.25, 0.3) is 0 Å². The summed E-state index contributed by atoms with van der Waals surface area (Å²) in [7, 11) is 0. The predicted octanol–water partition coefficient (Wildman–Crippen LogP) is 4.52. The Hall–Kier alpha value is -3.33. The number of primary amides is 1. The third-order valence-electron chi connectivity index (χ3n) is 5.80. The van der Waals surface area contributed by atoms with E-state index in [1.54, 1.807) is 11.1 Å². The molecule has 1 aromatic carbocycles. The Morgan fingerprint density at radius 1 is 1.16 bits per heavy atom. The van der Waals surface area contributed by atoms with Gasteiger partial charge >= 0.3 is 6.03 Å². The summed E-state index contributed by atoms with van der Waals surface area (Å²) in [4.78, 5) is 21.9. The molecule has 0 spiro atoms. The number of hydrogen-bond donors (Lipinski definition) is 4. The molecule has 9 nitrogen and oxygen atoms in total. The third kappa shape index (κ3) is 4.77. The molecule has 10 heteroatoms. The fraction of sp³-hybridized carbons (Fsp3) is 0.364. The van der Waals surface area contributed by atoms with E-state index in [9.17, 15) is 4.79 Å². The molecule has 1 aliphatic heterocycles. The largest absolute Gasteiger partial charge is 0.351 e. The van der Waals surface area contributed by atoms with Crippen molar-refractivity contribution in [1.82, 2.24) is 25.1 Å². The molecule has 0 unspecified atom stereocenters. The molecule has 0 radical (unpaired) electrons. The monoisotopic (exact) mass is 454 g/mol. The van der Waals surface area contributed by atoms with E-state index >= 15 is 0 Å². The first kappa shape index (κ1) is 21.9. The molecule has 5 N–H and O–H groups in total. The highest BCUT2D eigenvalue weighted by Crippen LogP contribution is 2.34. The van der Waals surface area contributed by atoms with E-state index in [0.29, 0.717) is 41.6 Å². The number of halogens is 1. The molecule has 168 valence electrons. The number of nitrogens with one attached hydrogen (secondary N) is 3. The number of carbonyl (C=O) groups excluding carboxylic acids is 1. The van der Waals surface area contributed by atoms with Gasteiger partial charge < -0.3 is 21.3 Å². The summed E-state index contributed by atoms with van der Waals surface area (Å²) in [5.74, 6) is 1.96. The van der Waals surface area contributed by atoms with Crippen molar-refractivity contribution in [2.24, 2.45) is 5.73 Å². The van der Waals surface area contributed by atoms with Crippen LogP contribution < -0.4 is 16.4 Å². The van der Waals surface area contributed by atoms with Crippen LogP contribution in [-0.4, -0.2) is 44.2 Å². The Morgan fingerprint density at radius 2 is 1.91 bits per heavy atom. The summed E-state index contributed by atoms with van der Waals surface area (Å²) in [5.41, 5.74) is 10.9. The Labute approximate surface area is 191 Å². The van der Waals surface area contributed by atoms with Crippen molar-refractivity contribution < 1.29 is 4.79 Å². The zero-order chi connectivity index (χ0) is 22.8. The number of aryl methyl sites for hydroxylation is 3. The Balaban J connectivity index is 1.51. The van der Waals surface area contributed by atoms with Crippen LogP contribution >= 0.6 is 11.6 Å². The van der Waals surface area contributed by atoms with Crippen LogP contribution in [0.1, 0.15) is 41.1 Å². The molecule has 2 aromatic heterocycles. The van der Waals surface area contributed by atoms with E-state index in [4.69, 9.17) is 17.3 Å². The number of nitrogens with two attached hydrogens (primary N) is 1. The zero-order valence-corrected chi connectivity index (χ0v) is 19.1. The number of piperidine rings is 1. The highest BCUT2D eigenvalue weighted by Gasteiger charge is 2.24. The van der Waals surface area contributed by atoms with Gasteiger partial charge in [-0.3, -0.25) is 5.10 Å². The molecule has 1 saturated heterocycles. The van der Waals surface area contributed by atoms with Gasteiger partial charge in [-0.1, -0.05) is 17.7 Å². The van der Waals surface area contributed by atoms with Crippen LogP contribution in [0.3, 0.4) is 0 Å². The predicted molar refractivity (Wildman–Crippen MR) is 126 cm³/mol. The van der Waals surface area contributed by atoms with Crippen LogP contribution in [0.15, 0.2) is 24.4 Å². The molecular weight excluding hydrogens is 428 g/mol. The number of anilines is 4. The number of hydrogen-bond acceptors (Lipinski definition) is 6. The van der Waals surface area contributed by atoms with E-state index in [-0.39, 0.29) is 6.03 Å². The minimum absolute atomic E-state index is 0.338. The van der Waals surface area contributed by atoms with E-state index in [2.05, 4.69) is 56.8 Å². The normalized spacial score (nSPS) is 14.4. The maximum absolute atomic E-state index is 11.4. The number of likely N-dealkylation sites (tertiary alicyclic amines) is 1. The van der Waals surface area contributed by atoms with Gasteiger partial charge in [-0.25, -0.2) is 9.78 Å². The van der Waals surface area contributed by atoms with Gasteiger partial charge in [-0.15, -0.1) is 0 Å². The van der Waals surface area contributed by atoms with Crippen molar-refractivity contribution in [1.29, 1.82) is 0 Å². The molecule has 3 heterocycles. The first-order valence-electron chi connectivity index (χ1n) is 10.5. The van der Waals surface area contributed by atoms with Crippen LogP contribution in [0.25, 0.3) is 0 Å². The Kier molecular flexibility index (Phi) is 6.18. The first-order chi connectivity index (χ1) is 15.3. The molecule has 1 fully saturated rings. The van der Waals surface area contributed by atoms with Gasteiger partial charge in [0.1, 0.15) is 5.02 Å². The first-order valence-corrected chi connectivity index (χ1v) is 10.9. The number of H-pyrrole nitrogens is 1. The Bertz CT molecular complexity index is 1140. The molecule has 3 aromatic rings. The lowest BCUT2D eigenvalue weighted by atomic mass is 9.85. The maximum atomic E-state index is 11.4. The van der Waals surface area contributed by atoms with Crippen LogP contribution in [0.4, 0.5) is 28.1 Å². The molecule has 4 rings (SSSR count). The van der Waals surface area contributed by atoms with Gasteiger partial charge in [0.05, 0.1) is 6.20 Å². The lowest BCUT2D eigenvalue weighted by molar-refractivity contribution is 0.190. The Morgan fingerprint density at radius 3 is 2.56 bits per heavy atom. The quantitative estimate of drug-likeness (QED) is 0.449. The number of aromatic amines is 1. The van der Waals surface area contributed by atoms with E-state index in [1.165, 1.54) is 11.1 Å². The highest BCUT2D eigenvalue weighted by atomic mass is 35.5. The number of urea groups is 1. The smallest absolute Gasteiger partial charge is 0.314 e. The van der Waals surface area contributed by atoms with Crippen LogP contribution in [0, 0.1) is 20.8 Å². The van der Waals surface area contributed by atoms with Gasteiger partial charge in [-0.05, 0) is 62.3 Å². The molecule has 2 amide bonds. The summed E-state index contributed by atoms with van der Waals surface area (Å²) >= 11 is 6.26. The van der Waals surface area contributed by atoms with Crippen molar-refractivity contribution in [2.45, 2.75) is 39.5 Å². The molecular formula is C22H27ClN8O. The lowest BCUT2D eigenvalue weighted by Gasteiger charge is -2.32. The van der Waals surface area contributed by atoms with Crippen LogP contribution in [-0.2, 0) is 0 Å². The average Bonchev–Trinajstić information content (AvgIpc) is 3.17. The second kappa shape index (κ2) is 9.04. The molecule has 0 saturated carbocycles.